The Hall–Kier alpha value is -2.62. The van der Waals surface area contributed by atoms with E-state index < -0.39 is 28.9 Å². The molecule has 0 aromatic heterocycles. The smallest absolute Gasteiger partial charge is 0.339 e. The summed E-state index contributed by atoms with van der Waals surface area (Å²) >= 11 is 1.35. The summed E-state index contributed by atoms with van der Waals surface area (Å²) < 4.78 is 5.03. The molecule has 1 rings (SSSR count). The number of nitro groups is 1. The Morgan fingerprint density at radius 3 is 2.38 bits per heavy atom. The van der Waals surface area contributed by atoms with Crippen molar-refractivity contribution in [2.45, 2.75) is 58.1 Å². The van der Waals surface area contributed by atoms with Gasteiger partial charge in [0.1, 0.15) is 0 Å². The molecule has 0 saturated carbocycles. The van der Waals surface area contributed by atoms with Gasteiger partial charge in [-0.25, -0.2) is 9.59 Å². The number of nitrogens with zero attached hydrogens (tertiary/aromatic N) is 1. The van der Waals surface area contributed by atoms with Gasteiger partial charge in [-0.05, 0) is 51.0 Å². The van der Waals surface area contributed by atoms with E-state index in [4.69, 9.17) is 4.74 Å². The number of benzene rings is 1. The molecule has 0 bridgehead atoms. The second-order valence-corrected chi connectivity index (χ2v) is 8.27. The van der Waals surface area contributed by atoms with Crippen LogP contribution in [0.25, 0.3) is 0 Å². The molecular formula is C19H27N3O6S. The van der Waals surface area contributed by atoms with Gasteiger partial charge in [0.2, 0.25) is 0 Å². The fourth-order valence-electron chi connectivity index (χ4n) is 2.11. The molecule has 160 valence electrons. The number of ether oxygens (including phenoxy) is 1. The van der Waals surface area contributed by atoms with Crippen molar-refractivity contribution in [2.75, 3.05) is 5.75 Å². The maximum absolute atomic E-state index is 12.3. The lowest BCUT2D eigenvalue weighted by molar-refractivity contribution is -0.387. The number of thioether (sulfide) groups is 1. The molecule has 3 amide bonds. The lowest BCUT2D eigenvalue weighted by atomic mass is 10.2. The zero-order valence-electron chi connectivity index (χ0n) is 17.2. The summed E-state index contributed by atoms with van der Waals surface area (Å²) in [6, 6.07) is 3.18. The van der Waals surface area contributed by atoms with Crippen LogP contribution in [-0.2, 0) is 9.53 Å². The van der Waals surface area contributed by atoms with Crippen LogP contribution in [0.5, 0.6) is 0 Å². The van der Waals surface area contributed by atoms with Gasteiger partial charge in [-0.2, -0.15) is 0 Å². The average molecular weight is 426 g/mol. The van der Waals surface area contributed by atoms with E-state index in [-0.39, 0.29) is 17.3 Å². The number of urea groups is 1. The first kappa shape index (κ1) is 24.4. The predicted molar refractivity (Wildman–Crippen MR) is 110 cm³/mol. The van der Waals surface area contributed by atoms with Crippen LogP contribution < -0.4 is 10.6 Å². The first-order valence-corrected chi connectivity index (χ1v) is 10.2. The highest BCUT2D eigenvalue weighted by molar-refractivity contribution is 7.99. The van der Waals surface area contributed by atoms with Crippen LogP contribution in [0.15, 0.2) is 23.1 Å². The molecule has 0 fully saturated rings. The first-order valence-electron chi connectivity index (χ1n) is 9.24. The van der Waals surface area contributed by atoms with E-state index in [2.05, 4.69) is 24.5 Å². The minimum absolute atomic E-state index is 0.0452. The van der Waals surface area contributed by atoms with Crippen molar-refractivity contribution in [3.8, 4) is 0 Å². The Morgan fingerprint density at radius 1 is 1.17 bits per heavy atom. The van der Waals surface area contributed by atoms with E-state index in [1.807, 2.05) is 0 Å². The van der Waals surface area contributed by atoms with Crippen LogP contribution in [0, 0.1) is 16.0 Å². The van der Waals surface area contributed by atoms with E-state index in [0.29, 0.717) is 10.8 Å². The molecule has 0 aliphatic heterocycles. The highest BCUT2D eigenvalue weighted by atomic mass is 32.2. The summed E-state index contributed by atoms with van der Waals surface area (Å²) in [5.74, 6) is -0.491. The second kappa shape index (κ2) is 11.4. The van der Waals surface area contributed by atoms with Gasteiger partial charge in [-0.3, -0.25) is 20.2 Å². The minimum Gasteiger partial charge on any atom is -0.449 e. The highest BCUT2D eigenvalue weighted by Crippen LogP contribution is 2.31. The molecule has 0 aliphatic rings. The number of nitro benzene ring substituents is 1. The van der Waals surface area contributed by atoms with Crippen molar-refractivity contribution in [1.82, 2.24) is 10.6 Å². The fourth-order valence-corrected chi connectivity index (χ4v) is 3.36. The Labute approximate surface area is 174 Å². The fraction of sp³-hybridized carbons (Fsp3) is 0.526. The van der Waals surface area contributed by atoms with E-state index >= 15 is 0 Å². The van der Waals surface area contributed by atoms with Crippen LogP contribution in [0.3, 0.4) is 0 Å². The number of nitrogens with one attached hydrogen (secondary N) is 2. The summed E-state index contributed by atoms with van der Waals surface area (Å²) in [4.78, 5) is 47.0. The SMILES string of the molecule is CC(C)CCSc1ccc(C(=O)O[C@@H](C)C(=O)NC(=O)NC(C)C)cc1[N+](=O)[O-]. The molecule has 2 N–H and O–H groups in total. The molecule has 1 aromatic rings. The van der Waals surface area contributed by atoms with Crippen LogP contribution in [0.4, 0.5) is 10.5 Å². The van der Waals surface area contributed by atoms with E-state index in [1.165, 1.54) is 30.8 Å². The maximum atomic E-state index is 12.3. The lowest BCUT2D eigenvalue weighted by Crippen LogP contribution is -2.46. The summed E-state index contributed by atoms with van der Waals surface area (Å²) in [5.41, 5.74) is -0.238. The molecule has 9 nitrogen and oxygen atoms in total. The number of rotatable bonds is 9. The zero-order valence-corrected chi connectivity index (χ0v) is 18.0. The van der Waals surface area contributed by atoms with Crippen molar-refractivity contribution in [1.29, 1.82) is 0 Å². The maximum Gasteiger partial charge on any atom is 0.339 e. The van der Waals surface area contributed by atoms with Gasteiger partial charge in [-0.15, -0.1) is 11.8 Å². The van der Waals surface area contributed by atoms with Gasteiger partial charge in [-0.1, -0.05) is 13.8 Å². The van der Waals surface area contributed by atoms with Crippen LogP contribution >= 0.6 is 11.8 Å². The Morgan fingerprint density at radius 2 is 1.83 bits per heavy atom. The number of amides is 3. The van der Waals surface area contributed by atoms with Crippen molar-refractivity contribution in [3.63, 3.8) is 0 Å². The van der Waals surface area contributed by atoms with Gasteiger partial charge in [0.05, 0.1) is 15.4 Å². The zero-order chi connectivity index (χ0) is 22.1. The molecule has 0 aliphatic carbocycles. The summed E-state index contributed by atoms with van der Waals surface area (Å²) in [6.07, 6.45) is -0.345. The topological polar surface area (TPSA) is 128 Å². The second-order valence-electron chi connectivity index (χ2n) is 7.14. The Kier molecular flexibility index (Phi) is 9.60. The highest BCUT2D eigenvalue weighted by Gasteiger charge is 2.23. The summed E-state index contributed by atoms with van der Waals surface area (Å²) in [7, 11) is 0. The molecule has 1 atom stereocenters. The largest absolute Gasteiger partial charge is 0.449 e. The molecule has 0 heterocycles. The number of imide groups is 1. The average Bonchev–Trinajstić information content (AvgIpc) is 2.60. The lowest BCUT2D eigenvalue weighted by Gasteiger charge is -2.14. The van der Waals surface area contributed by atoms with Gasteiger partial charge in [0, 0.05) is 12.1 Å². The minimum atomic E-state index is -1.25. The number of carbonyl (C=O) groups is 3. The van der Waals surface area contributed by atoms with Crippen molar-refractivity contribution < 1.29 is 24.0 Å². The normalized spacial score (nSPS) is 11.8. The quantitative estimate of drug-likeness (QED) is 0.268. The van der Waals surface area contributed by atoms with Crippen LogP contribution in [-0.4, -0.2) is 40.7 Å². The third kappa shape index (κ3) is 8.51. The first-order chi connectivity index (χ1) is 13.5. The Bertz CT molecular complexity index is 766. The van der Waals surface area contributed by atoms with Crippen molar-refractivity contribution >= 4 is 35.4 Å². The van der Waals surface area contributed by atoms with E-state index in [9.17, 15) is 24.5 Å². The monoisotopic (exact) mass is 425 g/mol. The number of esters is 1. The number of carbonyl (C=O) groups excluding carboxylic acids is 3. The van der Waals surface area contributed by atoms with Crippen LogP contribution in [0.2, 0.25) is 0 Å². The van der Waals surface area contributed by atoms with Gasteiger partial charge in [0.25, 0.3) is 11.6 Å². The molecule has 29 heavy (non-hydrogen) atoms. The molecule has 0 saturated heterocycles. The molecule has 10 heteroatoms. The molecular weight excluding hydrogens is 398 g/mol. The third-order valence-corrected chi connectivity index (χ3v) is 4.75. The molecule has 0 unspecified atom stereocenters. The Balaban J connectivity index is 2.80. The summed E-state index contributed by atoms with van der Waals surface area (Å²) in [6.45, 7) is 8.90. The molecule has 1 aromatic carbocycles. The van der Waals surface area contributed by atoms with Crippen LogP contribution in [0.1, 0.15) is 51.4 Å². The van der Waals surface area contributed by atoms with E-state index in [1.54, 1.807) is 13.8 Å². The molecule has 0 spiro atoms. The number of hydrogen-bond acceptors (Lipinski definition) is 7. The number of hydrogen-bond donors (Lipinski definition) is 2. The summed E-state index contributed by atoms with van der Waals surface area (Å²) in [5, 5.41) is 15.9. The van der Waals surface area contributed by atoms with Gasteiger partial charge >= 0.3 is 12.0 Å². The van der Waals surface area contributed by atoms with Gasteiger partial charge < -0.3 is 10.1 Å². The van der Waals surface area contributed by atoms with E-state index in [0.717, 1.165) is 18.2 Å². The molecule has 0 radical (unpaired) electrons. The third-order valence-electron chi connectivity index (χ3n) is 3.65. The van der Waals surface area contributed by atoms with Crippen molar-refractivity contribution in [3.05, 3.63) is 33.9 Å². The van der Waals surface area contributed by atoms with Crippen molar-refractivity contribution in [2.24, 2.45) is 5.92 Å². The standard InChI is InChI=1S/C19H27N3O6S/c1-11(2)8-9-29-16-7-6-14(10-15(16)22(26)27)18(24)28-13(5)17(23)21-19(25)20-12(3)4/h6-7,10-13H,8-9H2,1-5H3,(H2,20,21,23,25)/t13-/m0/s1. The van der Waals surface area contributed by atoms with Gasteiger partial charge in [0.15, 0.2) is 6.10 Å². The predicted octanol–water partition coefficient (Wildman–Crippen LogP) is 3.51.